The number of fused-ring (bicyclic) bond motifs is 5. The van der Waals surface area contributed by atoms with Crippen LogP contribution in [0, 0.1) is 23.7 Å². The summed E-state index contributed by atoms with van der Waals surface area (Å²) in [6.45, 7) is 7.55. The van der Waals surface area contributed by atoms with Gasteiger partial charge in [0.2, 0.25) is 11.8 Å². The van der Waals surface area contributed by atoms with Crippen molar-refractivity contribution in [1.29, 1.82) is 0 Å². The topological polar surface area (TPSA) is 46.6 Å². The van der Waals surface area contributed by atoms with Gasteiger partial charge in [-0.05, 0) is 60.6 Å². The minimum Gasteiger partial charge on any atom is -0.494 e. The summed E-state index contributed by atoms with van der Waals surface area (Å²) in [5, 5.41) is 0. The molecule has 4 atom stereocenters. The molecule has 2 amide bonds. The van der Waals surface area contributed by atoms with Gasteiger partial charge in [-0.1, -0.05) is 32.9 Å². The lowest BCUT2D eigenvalue weighted by molar-refractivity contribution is -0.140. The summed E-state index contributed by atoms with van der Waals surface area (Å²) in [6.07, 6.45) is 4.04. The predicted octanol–water partition coefficient (Wildman–Crippen LogP) is 3.78. The van der Waals surface area contributed by atoms with Crippen LogP contribution in [0.25, 0.3) is 0 Å². The lowest BCUT2D eigenvalue weighted by Gasteiger charge is -2.20. The van der Waals surface area contributed by atoms with E-state index in [9.17, 15) is 9.59 Å². The third-order valence-electron chi connectivity index (χ3n) is 6.51. The van der Waals surface area contributed by atoms with Crippen molar-refractivity contribution in [2.24, 2.45) is 23.7 Å². The van der Waals surface area contributed by atoms with Gasteiger partial charge in [0.25, 0.3) is 0 Å². The first-order chi connectivity index (χ1) is 12.4. The maximum Gasteiger partial charge on any atom is 0.233 e. The van der Waals surface area contributed by atoms with E-state index in [2.05, 4.69) is 32.9 Å². The third-order valence-corrected chi connectivity index (χ3v) is 6.51. The molecule has 26 heavy (non-hydrogen) atoms. The van der Waals surface area contributed by atoms with Crippen LogP contribution in [0.4, 0.5) is 0 Å². The van der Waals surface area contributed by atoms with E-state index >= 15 is 0 Å². The zero-order valence-corrected chi connectivity index (χ0v) is 16.0. The quantitative estimate of drug-likeness (QED) is 0.596. The molecule has 0 radical (unpaired) electrons. The molecule has 0 spiro atoms. The Morgan fingerprint density at radius 1 is 1.08 bits per heavy atom. The van der Waals surface area contributed by atoms with Gasteiger partial charge in [-0.15, -0.1) is 0 Å². The maximum atomic E-state index is 12.7. The summed E-state index contributed by atoms with van der Waals surface area (Å²) >= 11 is 0. The molecule has 2 saturated carbocycles. The van der Waals surface area contributed by atoms with E-state index in [0.717, 1.165) is 25.0 Å². The zero-order valence-electron chi connectivity index (χ0n) is 16.0. The Morgan fingerprint density at radius 3 is 2.35 bits per heavy atom. The fraction of sp³-hybridized carbons (Fsp3) is 0.636. The van der Waals surface area contributed by atoms with Crippen molar-refractivity contribution in [1.82, 2.24) is 4.90 Å². The Hall–Kier alpha value is -1.84. The van der Waals surface area contributed by atoms with Gasteiger partial charge in [-0.2, -0.15) is 0 Å². The van der Waals surface area contributed by atoms with Crippen molar-refractivity contribution in [2.75, 3.05) is 13.2 Å². The van der Waals surface area contributed by atoms with Crippen LogP contribution in [0.15, 0.2) is 24.3 Å². The Balaban J connectivity index is 1.31. The van der Waals surface area contributed by atoms with E-state index in [1.807, 2.05) is 12.1 Å². The fourth-order valence-electron chi connectivity index (χ4n) is 5.16. The number of rotatable bonds is 5. The highest BCUT2D eigenvalue weighted by Crippen LogP contribution is 2.56. The molecule has 4 heteroatoms. The van der Waals surface area contributed by atoms with E-state index in [1.54, 1.807) is 0 Å². The number of hydrogen-bond donors (Lipinski definition) is 0. The minimum atomic E-state index is -0.00867. The van der Waals surface area contributed by atoms with Gasteiger partial charge in [0.15, 0.2) is 0 Å². The van der Waals surface area contributed by atoms with E-state index < -0.39 is 0 Å². The number of carbonyl (C=O) groups is 2. The monoisotopic (exact) mass is 355 g/mol. The second-order valence-electron chi connectivity index (χ2n) is 9.19. The second-order valence-corrected chi connectivity index (χ2v) is 9.19. The SMILES string of the molecule is CC(C)(C)c1cccc(OCCCN2C(=O)C3C(C2=O)[C@H]2CC[C@@H]3C2)c1. The number of ether oxygens (including phenoxy) is 1. The summed E-state index contributed by atoms with van der Waals surface area (Å²) in [5.41, 5.74) is 1.33. The number of likely N-dealkylation sites (tertiary alicyclic amines) is 1. The number of carbonyl (C=O) groups excluding carboxylic acids is 2. The number of nitrogens with zero attached hydrogens (tertiary/aromatic N) is 1. The van der Waals surface area contributed by atoms with Crippen molar-refractivity contribution in [3.8, 4) is 5.75 Å². The van der Waals surface area contributed by atoms with Crippen LogP contribution < -0.4 is 4.74 Å². The molecule has 0 N–H and O–H groups in total. The molecule has 140 valence electrons. The molecule has 3 fully saturated rings. The van der Waals surface area contributed by atoms with E-state index in [1.165, 1.54) is 10.5 Å². The summed E-state index contributed by atoms with van der Waals surface area (Å²) in [4.78, 5) is 26.9. The van der Waals surface area contributed by atoms with Crippen molar-refractivity contribution >= 4 is 11.8 Å². The number of benzene rings is 1. The fourth-order valence-corrected chi connectivity index (χ4v) is 5.16. The van der Waals surface area contributed by atoms with Gasteiger partial charge in [0.05, 0.1) is 18.4 Å². The molecule has 0 aromatic heterocycles. The van der Waals surface area contributed by atoms with Crippen LogP contribution in [-0.4, -0.2) is 29.9 Å². The van der Waals surface area contributed by atoms with Crippen molar-refractivity contribution in [2.45, 2.75) is 51.9 Å². The molecule has 1 aromatic rings. The predicted molar refractivity (Wildman–Crippen MR) is 99.8 cm³/mol. The van der Waals surface area contributed by atoms with Crippen molar-refractivity contribution in [3.05, 3.63) is 29.8 Å². The highest BCUT2D eigenvalue weighted by atomic mass is 16.5. The number of imide groups is 1. The number of amides is 2. The summed E-state index contributed by atoms with van der Waals surface area (Å²) in [7, 11) is 0. The Morgan fingerprint density at radius 2 is 1.73 bits per heavy atom. The van der Waals surface area contributed by atoms with Gasteiger partial charge in [0, 0.05) is 6.54 Å². The Bertz CT molecular complexity index is 692. The lowest BCUT2D eigenvalue weighted by Crippen LogP contribution is -2.34. The van der Waals surface area contributed by atoms with Gasteiger partial charge in [-0.3, -0.25) is 14.5 Å². The molecule has 3 aliphatic rings. The first-order valence-electron chi connectivity index (χ1n) is 9.95. The molecular weight excluding hydrogens is 326 g/mol. The highest BCUT2D eigenvalue weighted by Gasteiger charge is 2.60. The van der Waals surface area contributed by atoms with E-state index in [0.29, 0.717) is 31.4 Å². The van der Waals surface area contributed by atoms with Gasteiger partial charge in [-0.25, -0.2) is 0 Å². The second kappa shape index (κ2) is 6.40. The van der Waals surface area contributed by atoms with Gasteiger partial charge >= 0.3 is 0 Å². The smallest absolute Gasteiger partial charge is 0.233 e. The molecule has 1 aliphatic heterocycles. The van der Waals surface area contributed by atoms with E-state index in [4.69, 9.17) is 4.74 Å². The summed E-state index contributed by atoms with van der Waals surface area (Å²) < 4.78 is 5.87. The van der Waals surface area contributed by atoms with Crippen LogP contribution in [0.1, 0.15) is 52.0 Å². The highest BCUT2D eigenvalue weighted by molar-refractivity contribution is 6.06. The molecule has 2 unspecified atom stereocenters. The number of hydrogen-bond acceptors (Lipinski definition) is 3. The standard InChI is InChI=1S/C22H29NO3/c1-22(2,3)16-6-4-7-17(13-16)26-11-5-10-23-20(24)18-14-8-9-15(12-14)19(18)21(23)25/h4,6-7,13-15,18-19H,5,8-12H2,1-3H3/t14-,15+,18?,19?. The van der Waals surface area contributed by atoms with Crippen LogP contribution in [0.3, 0.4) is 0 Å². The molecule has 1 aromatic carbocycles. The molecule has 1 heterocycles. The van der Waals surface area contributed by atoms with Crippen molar-refractivity contribution in [3.63, 3.8) is 0 Å². The molecule has 4 rings (SSSR count). The van der Waals surface area contributed by atoms with Crippen LogP contribution in [0.5, 0.6) is 5.75 Å². The molecule has 1 saturated heterocycles. The summed E-state index contributed by atoms with van der Waals surface area (Å²) in [5.74, 6) is 1.93. The van der Waals surface area contributed by atoms with Gasteiger partial charge < -0.3 is 4.74 Å². The molecule has 2 aliphatic carbocycles. The Labute approximate surface area is 155 Å². The first-order valence-corrected chi connectivity index (χ1v) is 9.95. The molecule has 2 bridgehead atoms. The third kappa shape index (κ3) is 2.93. The molecule has 4 nitrogen and oxygen atoms in total. The molecular formula is C22H29NO3. The minimum absolute atomic E-state index is 0.00867. The zero-order chi connectivity index (χ0) is 18.5. The first kappa shape index (κ1) is 17.6. The van der Waals surface area contributed by atoms with Crippen molar-refractivity contribution < 1.29 is 14.3 Å². The average Bonchev–Trinajstić information content (AvgIpc) is 3.27. The normalized spacial score (nSPS) is 30.2. The largest absolute Gasteiger partial charge is 0.494 e. The summed E-state index contributed by atoms with van der Waals surface area (Å²) in [6, 6.07) is 8.17. The van der Waals surface area contributed by atoms with Crippen LogP contribution in [-0.2, 0) is 15.0 Å². The van der Waals surface area contributed by atoms with E-state index in [-0.39, 0.29) is 29.1 Å². The average molecular weight is 355 g/mol. The Kier molecular flexibility index (Phi) is 4.32. The van der Waals surface area contributed by atoms with Crippen LogP contribution >= 0.6 is 0 Å². The maximum absolute atomic E-state index is 12.7. The lowest BCUT2D eigenvalue weighted by atomic mass is 9.81. The van der Waals surface area contributed by atoms with Gasteiger partial charge in [0.1, 0.15) is 5.75 Å². The van der Waals surface area contributed by atoms with Crippen LogP contribution in [0.2, 0.25) is 0 Å².